The molecule has 128 valence electrons. The molecule has 4 rings (SSSR count). The molecule has 0 saturated carbocycles. The molecule has 1 amide bonds. The molecule has 0 unspecified atom stereocenters. The number of benzene rings is 1. The molecule has 0 radical (unpaired) electrons. The third kappa shape index (κ3) is 2.76. The van der Waals surface area contributed by atoms with Gasteiger partial charge in [0, 0.05) is 35.7 Å². The fourth-order valence-electron chi connectivity index (χ4n) is 3.14. The summed E-state index contributed by atoms with van der Waals surface area (Å²) in [4.78, 5) is 19.0. The molecule has 1 aromatic carbocycles. The van der Waals surface area contributed by atoms with Crippen LogP contribution in [0.25, 0.3) is 11.6 Å². The van der Waals surface area contributed by atoms with Crippen molar-refractivity contribution in [2.75, 3.05) is 6.54 Å². The van der Waals surface area contributed by atoms with Crippen LogP contribution in [0.3, 0.4) is 0 Å². The van der Waals surface area contributed by atoms with Crippen LogP contribution in [-0.2, 0) is 20.0 Å². The van der Waals surface area contributed by atoms with Crippen LogP contribution in [0.5, 0.6) is 0 Å². The second-order valence-corrected chi connectivity index (χ2v) is 6.86. The second-order valence-electron chi connectivity index (χ2n) is 6.00. The lowest BCUT2D eigenvalue weighted by molar-refractivity contribution is 0.0732. The lowest BCUT2D eigenvalue weighted by atomic mass is 10.0. The first-order valence-electron chi connectivity index (χ1n) is 7.94. The normalized spacial score (nSPS) is 13.8. The van der Waals surface area contributed by atoms with E-state index in [4.69, 9.17) is 4.52 Å². The Morgan fingerprint density at radius 1 is 1.32 bits per heavy atom. The Kier molecular flexibility index (Phi) is 3.91. The fourth-order valence-corrected chi connectivity index (χ4v) is 3.59. The third-order valence-electron chi connectivity index (χ3n) is 4.36. The van der Waals surface area contributed by atoms with E-state index in [1.54, 1.807) is 6.92 Å². The van der Waals surface area contributed by atoms with Crippen LogP contribution in [0.15, 0.2) is 33.3 Å². The molecule has 3 aromatic rings. The quantitative estimate of drug-likeness (QED) is 0.659. The first-order valence-corrected chi connectivity index (χ1v) is 8.73. The van der Waals surface area contributed by atoms with Crippen LogP contribution >= 0.6 is 15.9 Å². The summed E-state index contributed by atoms with van der Waals surface area (Å²) in [5.74, 6) is 0.950. The van der Waals surface area contributed by atoms with Gasteiger partial charge in [0.05, 0.1) is 12.1 Å². The van der Waals surface area contributed by atoms with Gasteiger partial charge in [0.2, 0.25) is 0 Å². The molecule has 1 aliphatic heterocycles. The molecule has 0 fully saturated rings. The smallest absolute Gasteiger partial charge is 0.278 e. The largest absolute Gasteiger partial charge is 0.334 e. The van der Waals surface area contributed by atoms with Crippen LogP contribution in [0.1, 0.15) is 27.4 Å². The highest BCUT2D eigenvalue weighted by Gasteiger charge is 2.30. The van der Waals surface area contributed by atoms with Crippen LogP contribution in [0, 0.1) is 6.92 Å². The van der Waals surface area contributed by atoms with Crippen molar-refractivity contribution in [2.45, 2.75) is 19.9 Å². The number of aromatic nitrogens is 4. The molecule has 2 aromatic heterocycles. The molecule has 0 spiro atoms. The van der Waals surface area contributed by atoms with Crippen LogP contribution in [-0.4, -0.2) is 37.3 Å². The maximum atomic E-state index is 12.9. The first kappa shape index (κ1) is 16.0. The number of hydrogen-bond donors (Lipinski definition) is 0. The molecule has 0 N–H and O–H groups in total. The van der Waals surface area contributed by atoms with E-state index in [0.717, 1.165) is 22.2 Å². The van der Waals surface area contributed by atoms with Gasteiger partial charge >= 0.3 is 0 Å². The number of aryl methyl sites for hydroxylation is 2. The van der Waals surface area contributed by atoms with E-state index in [1.165, 1.54) is 0 Å². The summed E-state index contributed by atoms with van der Waals surface area (Å²) in [5.41, 5.74) is 3.38. The van der Waals surface area contributed by atoms with E-state index in [2.05, 4.69) is 31.2 Å². The maximum Gasteiger partial charge on any atom is 0.278 e. The van der Waals surface area contributed by atoms with Gasteiger partial charge in [-0.15, -0.1) is 0 Å². The van der Waals surface area contributed by atoms with Crippen molar-refractivity contribution in [3.05, 3.63) is 51.4 Å². The highest BCUT2D eigenvalue weighted by Crippen LogP contribution is 2.30. The summed E-state index contributed by atoms with van der Waals surface area (Å²) in [6, 6.07) is 7.46. The number of rotatable bonds is 2. The minimum Gasteiger partial charge on any atom is -0.334 e. The van der Waals surface area contributed by atoms with Crippen molar-refractivity contribution < 1.29 is 9.32 Å². The summed E-state index contributed by atoms with van der Waals surface area (Å²) < 4.78 is 7.92. The Morgan fingerprint density at radius 3 is 2.84 bits per heavy atom. The van der Waals surface area contributed by atoms with Gasteiger partial charge < -0.3 is 9.42 Å². The van der Waals surface area contributed by atoms with Gasteiger partial charge in [-0.25, -0.2) is 0 Å². The summed E-state index contributed by atoms with van der Waals surface area (Å²) in [6.07, 6.45) is 0.738. The zero-order chi connectivity index (χ0) is 17.6. The van der Waals surface area contributed by atoms with Gasteiger partial charge in [-0.05, 0) is 35.0 Å². The Bertz CT molecular complexity index is 962. The number of carbonyl (C=O) groups excluding carboxylic acids is 1. The standard InChI is InChI=1S/C17H16BrN5O2/c1-10-19-16(25-21-10)15-12-9-23(8-7-14(12)22(2)20-15)17(24)11-5-3-4-6-13(11)18/h3-6H,7-9H2,1-2H3. The van der Waals surface area contributed by atoms with Gasteiger partial charge in [0.15, 0.2) is 11.5 Å². The minimum atomic E-state index is -0.00497. The zero-order valence-corrected chi connectivity index (χ0v) is 15.4. The Balaban J connectivity index is 1.69. The molecule has 8 heteroatoms. The molecular weight excluding hydrogens is 386 g/mol. The predicted molar refractivity (Wildman–Crippen MR) is 93.8 cm³/mol. The monoisotopic (exact) mass is 401 g/mol. The predicted octanol–water partition coefficient (Wildman–Crippen LogP) is 2.74. The van der Waals surface area contributed by atoms with Gasteiger partial charge in [-0.2, -0.15) is 10.1 Å². The van der Waals surface area contributed by atoms with Crippen LogP contribution < -0.4 is 0 Å². The van der Waals surface area contributed by atoms with Crippen molar-refractivity contribution >= 4 is 21.8 Å². The van der Waals surface area contributed by atoms with Gasteiger partial charge in [0.25, 0.3) is 11.8 Å². The van der Waals surface area contributed by atoms with Crippen molar-refractivity contribution in [1.29, 1.82) is 0 Å². The average Bonchev–Trinajstić information content (AvgIpc) is 3.18. The molecule has 1 aliphatic rings. The van der Waals surface area contributed by atoms with E-state index in [0.29, 0.717) is 36.1 Å². The molecular formula is C17H16BrN5O2. The van der Waals surface area contributed by atoms with Gasteiger partial charge in [0.1, 0.15) is 0 Å². The molecule has 0 bridgehead atoms. The number of nitrogens with zero attached hydrogens (tertiary/aromatic N) is 5. The number of carbonyl (C=O) groups is 1. The summed E-state index contributed by atoms with van der Waals surface area (Å²) >= 11 is 3.46. The van der Waals surface area contributed by atoms with Crippen molar-refractivity contribution in [1.82, 2.24) is 24.8 Å². The van der Waals surface area contributed by atoms with Gasteiger partial charge in [-0.1, -0.05) is 17.3 Å². The highest BCUT2D eigenvalue weighted by molar-refractivity contribution is 9.10. The van der Waals surface area contributed by atoms with Crippen molar-refractivity contribution in [3.8, 4) is 11.6 Å². The Morgan fingerprint density at radius 2 is 2.12 bits per heavy atom. The van der Waals surface area contributed by atoms with E-state index in [1.807, 2.05) is 40.9 Å². The Labute approximate surface area is 152 Å². The number of hydrogen-bond acceptors (Lipinski definition) is 5. The van der Waals surface area contributed by atoms with Gasteiger partial charge in [-0.3, -0.25) is 9.48 Å². The number of halogens is 1. The molecule has 0 atom stereocenters. The molecule has 0 saturated heterocycles. The number of amides is 1. The number of fused-ring (bicyclic) bond motifs is 1. The lowest BCUT2D eigenvalue weighted by Gasteiger charge is -2.28. The third-order valence-corrected chi connectivity index (χ3v) is 5.06. The summed E-state index contributed by atoms with van der Waals surface area (Å²) in [5, 5.41) is 8.38. The first-order chi connectivity index (χ1) is 12.0. The molecule has 7 nitrogen and oxygen atoms in total. The SMILES string of the molecule is Cc1noc(-c2nn(C)c3c2CN(C(=O)c2ccccc2Br)CC3)n1. The average molecular weight is 402 g/mol. The van der Waals surface area contributed by atoms with Crippen LogP contribution in [0.2, 0.25) is 0 Å². The zero-order valence-electron chi connectivity index (χ0n) is 13.9. The van der Waals surface area contributed by atoms with Crippen molar-refractivity contribution in [2.24, 2.45) is 7.05 Å². The molecule has 3 heterocycles. The lowest BCUT2D eigenvalue weighted by Crippen LogP contribution is -2.36. The fraction of sp³-hybridized carbons (Fsp3) is 0.294. The van der Waals surface area contributed by atoms with Crippen LogP contribution in [0.4, 0.5) is 0 Å². The summed E-state index contributed by atoms with van der Waals surface area (Å²) in [6.45, 7) is 2.89. The second kappa shape index (κ2) is 6.11. The maximum absolute atomic E-state index is 12.9. The molecule has 25 heavy (non-hydrogen) atoms. The topological polar surface area (TPSA) is 77.0 Å². The van der Waals surface area contributed by atoms with Crippen molar-refractivity contribution in [3.63, 3.8) is 0 Å². The minimum absolute atomic E-state index is 0.00497. The van der Waals surface area contributed by atoms with E-state index < -0.39 is 0 Å². The van der Waals surface area contributed by atoms with E-state index in [-0.39, 0.29) is 5.91 Å². The van der Waals surface area contributed by atoms with E-state index in [9.17, 15) is 4.79 Å². The highest BCUT2D eigenvalue weighted by atomic mass is 79.9. The summed E-state index contributed by atoms with van der Waals surface area (Å²) in [7, 11) is 1.90. The molecule has 0 aliphatic carbocycles. The Hall–Kier alpha value is -2.48. The van der Waals surface area contributed by atoms with E-state index >= 15 is 0 Å².